The van der Waals surface area contributed by atoms with Crippen molar-refractivity contribution in [3.63, 3.8) is 0 Å². The molecule has 4 nitrogen and oxygen atoms in total. The van der Waals surface area contributed by atoms with Gasteiger partial charge in [-0.15, -0.1) is 0 Å². The summed E-state index contributed by atoms with van der Waals surface area (Å²) in [6.45, 7) is 0. The number of rotatable bonds is 1. The van der Waals surface area contributed by atoms with Gasteiger partial charge in [-0.2, -0.15) is 0 Å². The normalized spacial score (nSPS) is 17.7. The Kier molecular flexibility index (Phi) is 2.63. The smallest absolute Gasteiger partial charge is 0.312 e. The van der Waals surface area contributed by atoms with Gasteiger partial charge in [0.05, 0.1) is 6.42 Å². The van der Waals surface area contributed by atoms with Crippen LogP contribution in [-0.2, 0) is 4.79 Å². The van der Waals surface area contributed by atoms with E-state index in [-0.39, 0.29) is 29.8 Å². The standard InChI is InChI=1S/C15H12O4/c16-10-6-4-9(5-7-10)11-8-14(18)19-13-3-1-2-12(17)15(11)13/h1-7,11,16-17H,8H2. The molecule has 1 atom stereocenters. The fourth-order valence-corrected chi connectivity index (χ4v) is 2.40. The van der Waals surface area contributed by atoms with Crippen LogP contribution in [0.5, 0.6) is 17.2 Å². The molecule has 0 saturated heterocycles. The van der Waals surface area contributed by atoms with Gasteiger partial charge in [0.1, 0.15) is 17.2 Å². The number of hydrogen-bond acceptors (Lipinski definition) is 4. The summed E-state index contributed by atoms with van der Waals surface area (Å²) < 4.78 is 5.14. The lowest BCUT2D eigenvalue weighted by atomic mass is 9.86. The number of hydrogen-bond donors (Lipinski definition) is 2. The highest BCUT2D eigenvalue weighted by Crippen LogP contribution is 2.43. The lowest BCUT2D eigenvalue weighted by Crippen LogP contribution is -2.21. The Hall–Kier alpha value is -2.49. The van der Waals surface area contributed by atoms with Crippen LogP contribution in [0.1, 0.15) is 23.5 Å². The Morgan fingerprint density at radius 1 is 1.05 bits per heavy atom. The van der Waals surface area contributed by atoms with Gasteiger partial charge in [-0.3, -0.25) is 4.79 Å². The molecular formula is C15H12O4. The van der Waals surface area contributed by atoms with Crippen LogP contribution in [0.3, 0.4) is 0 Å². The number of aromatic hydroxyl groups is 2. The van der Waals surface area contributed by atoms with Gasteiger partial charge in [0.2, 0.25) is 0 Å². The van der Waals surface area contributed by atoms with Crippen LogP contribution < -0.4 is 4.74 Å². The van der Waals surface area contributed by atoms with Gasteiger partial charge in [0.25, 0.3) is 0 Å². The average Bonchev–Trinajstić information content (AvgIpc) is 2.38. The number of benzene rings is 2. The van der Waals surface area contributed by atoms with E-state index in [0.29, 0.717) is 11.3 Å². The van der Waals surface area contributed by atoms with Crippen molar-refractivity contribution < 1.29 is 19.7 Å². The van der Waals surface area contributed by atoms with Crippen molar-refractivity contribution in [1.82, 2.24) is 0 Å². The van der Waals surface area contributed by atoms with Crippen molar-refractivity contribution in [1.29, 1.82) is 0 Å². The van der Waals surface area contributed by atoms with Gasteiger partial charge in [-0.1, -0.05) is 18.2 Å². The second-order valence-electron chi connectivity index (χ2n) is 4.51. The van der Waals surface area contributed by atoms with Crippen LogP contribution in [-0.4, -0.2) is 16.2 Å². The molecular weight excluding hydrogens is 244 g/mol. The zero-order valence-corrected chi connectivity index (χ0v) is 10.0. The van der Waals surface area contributed by atoms with E-state index >= 15 is 0 Å². The van der Waals surface area contributed by atoms with Gasteiger partial charge in [-0.05, 0) is 29.8 Å². The molecule has 3 rings (SSSR count). The lowest BCUT2D eigenvalue weighted by Gasteiger charge is -2.25. The van der Waals surface area contributed by atoms with E-state index in [0.717, 1.165) is 5.56 Å². The summed E-state index contributed by atoms with van der Waals surface area (Å²) in [5.74, 6) is 0.103. The van der Waals surface area contributed by atoms with Gasteiger partial charge in [0.15, 0.2) is 0 Å². The Morgan fingerprint density at radius 3 is 2.53 bits per heavy atom. The molecule has 19 heavy (non-hydrogen) atoms. The van der Waals surface area contributed by atoms with E-state index in [1.807, 2.05) is 0 Å². The minimum Gasteiger partial charge on any atom is -0.508 e. The molecule has 0 aliphatic carbocycles. The predicted octanol–water partition coefficient (Wildman–Crippen LogP) is 2.54. The first-order valence-electron chi connectivity index (χ1n) is 5.96. The zero-order chi connectivity index (χ0) is 13.4. The molecule has 1 aliphatic rings. The maximum Gasteiger partial charge on any atom is 0.312 e. The second kappa shape index (κ2) is 4.31. The number of phenols is 2. The van der Waals surface area contributed by atoms with Crippen LogP contribution in [0.25, 0.3) is 0 Å². The summed E-state index contributed by atoms with van der Waals surface area (Å²) in [6.07, 6.45) is 0.176. The summed E-state index contributed by atoms with van der Waals surface area (Å²) in [7, 11) is 0. The minimum absolute atomic E-state index is 0.114. The molecule has 0 aromatic heterocycles. The third kappa shape index (κ3) is 2.01. The van der Waals surface area contributed by atoms with Crippen LogP contribution in [0.2, 0.25) is 0 Å². The number of fused-ring (bicyclic) bond motifs is 1. The number of carbonyl (C=O) groups is 1. The zero-order valence-electron chi connectivity index (χ0n) is 10.0. The van der Waals surface area contributed by atoms with E-state index in [1.165, 1.54) is 0 Å². The van der Waals surface area contributed by atoms with Crippen molar-refractivity contribution in [3.8, 4) is 17.2 Å². The molecule has 4 heteroatoms. The molecule has 1 aliphatic heterocycles. The van der Waals surface area contributed by atoms with E-state index in [1.54, 1.807) is 42.5 Å². The van der Waals surface area contributed by atoms with Crippen molar-refractivity contribution in [2.24, 2.45) is 0 Å². The number of phenolic OH excluding ortho intramolecular Hbond substituents is 2. The van der Waals surface area contributed by atoms with Crippen molar-refractivity contribution >= 4 is 5.97 Å². The lowest BCUT2D eigenvalue weighted by molar-refractivity contribution is -0.135. The molecule has 1 unspecified atom stereocenters. The highest BCUT2D eigenvalue weighted by molar-refractivity contribution is 5.78. The molecule has 0 saturated carbocycles. The third-order valence-electron chi connectivity index (χ3n) is 3.28. The molecule has 2 N–H and O–H groups in total. The summed E-state index contributed by atoms with van der Waals surface area (Å²) in [5.41, 5.74) is 1.48. The largest absolute Gasteiger partial charge is 0.508 e. The number of esters is 1. The monoisotopic (exact) mass is 256 g/mol. The van der Waals surface area contributed by atoms with Gasteiger partial charge < -0.3 is 14.9 Å². The third-order valence-corrected chi connectivity index (χ3v) is 3.28. The fourth-order valence-electron chi connectivity index (χ4n) is 2.40. The van der Waals surface area contributed by atoms with Crippen LogP contribution in [0.15, 0.2) is 42.5 Å². The Bertz CT molecular complexity index is 631. The summed E-state index contributed by atoms with van der Waals surface area (Å²) in [5, 5.41) is 19.3. The van der Waals surface area contributed by atoms with E-state index in [2.05, 4.69) is 0 Å². The number of carbonyl (C=O) groups excluding carboxylic acids is 1. The molecule has 0 fully saturated rings. The maximum atomic E-state index is 11.6. The molecule has 0 radical (unpaired) electrons. The SMILES string of the molecule is O=C1CC(c2ccc(O)cc2)c2c(O)cccc2O1. The molecule has 2 aromatic rings. The molecule has 1 heterocycles. The molecule has 96 valence electrons. The highest BCUT2D eigenvalue weighted by Gasteiger charge is 2.30. The summed E-state index contributed by atoms with van der Waals surface area (Å²) >= 11 is 0. The highest BCUT2D eigenvalue weighted by atomic mass is 16.5. The second-order valence-corrected chi connectivity index (χ2v) is 4.51. The van der Waals surface area contributed by atoms with Gasteiger partial charge in [-0.25, -0.2) is 0 Å². The Balaban J connectivity index is 2.13. The van der Waals surface area contributed by atoms with Crippen LogP contribution >= 0.6 is 0 Å². The van der Waals surface area contributed by atoms with Gasteiger partial charge >= 0.3 is 5.97 Å². The Labute approximate surface area is 109 Å². The first kappa shape index (κ1) is 11.6. The van der Waals surface area contributed by atoms with Crippen LogP contribution in [0, 0.1) is 0 Å². The molecule has 2 aromatic carbocycles. The van der Waals surface area contributed by atoms with E-state index in [9.17, 15) is 15.0 Å². The van der Waals surface area contributed by atoms with E-state index in [4.69, 9.17) is 4.74 Å². The summed E-state index contributed by atoms with van der Waals surface area (Å²) in [4.78, 5) is 11.6. The number of ether oxygens (including phenoxy) is 1. The molecule has 0 bridgehead atoms. The van der Waals surface area contributed by atoms with E-state index < -0.39 is 0 Å². The average molecular weight is 256 g/mol. The first-order chi connectivity index (χ1) is 9.15. The van der Waals surface area contributed by atoms with Gasteiger partial charge in [0, 0.05) is 11.5 Å². The van der Waals surface area contributed by atoms with Crippen molar-refractivity contribution in [2.75, 3.05) is 0 Å². The maximum absolute atomic E-state index is 11.6. The Morgan fingerprint density at radius 2 is 1.79 bits per heavy atom. The van der Waals surface area contributed by atoms with Crippen LogP contribution in [0.4, 0.5) is 0 Å². The summed E-state index contributed by atoms with van der Waals surface area (Å²) in [6, 6.07) is 11.5. The predicted molar refractivity (Wildman–Crippen MR) is 68.3 cm³/mol. The first-order valence-corrected chi connectivity index (χ1v) is 5.96. The van der Waals surface area contributed by atoms with Crippen molar-refractivity contribution in [3.05, 3.63) is 53.6 Å². The molecule has 0 spiro atoms. The fraction of sp³-hybridized carbons (Fsp3) is 0.133. The molecule has 0 amide bonds. The topological polar surface area (TPSA) is 66.8 Å². The quantitative estimate of drug-likeness (QED) is 0.607. The minimum atomic E-state index is -0.323. The van der Waals surface area contributed by atoms with Crippen molar-refractivity contribution in [2.45, 2.75) is 12.3 Å².